The number of hydrogen-bond acceptors (Lipinski definition) is 1. The van der Waals surface area contributed by atoms with Crippen molar-refractivity contribution in [2.24, 2.45) is 0 Å². The summed E-state index contributed by atoms with van der Waals surface area (Å²) in [5.74, 6) is 0. The lowest BCUT2D eigenvalue weighted by Gasteiger charge is -2.03. The Morgan fingerprint density at radius 3 is 1.55 bits per heavy atom. The summed E-state index contributed by atoms with van der Waals surface area (Å²) in [6.07, 6.45) is 2.01. The number of nitrogens with zero attached hydrogens (tertiary/aromatic N) is 1. The predicted molar refractivity (Wildman–Crippen MR) is 85.3 cm³/mol. The average Bonchev–Trinajstić information content (AvgIpc) is 2.88. The van der Waals surface area contributed by atoms with E-state index >= 15 is 0 Å². The number of hydrogen-bond donors (Lipinski definition) is 0. The van der Waals surface area contributed by atoms with Crippen molar-refractivity contribution >= 4 is 54.0 Å². The molecule has 0 aliphatic heterocycles. The van der Waals surface area contributed by atoms with Crippen molar-refractivity contribution in [2.45, 2.75) is 0 Å². The molecule has 0 radical (unpaired) electrons. The van der Waals surface area contributed by atoms with Gasteiger partial charge in [0.05, 0.1) is 5.52 Å². The van der Waals surface area contributed by atoms with Crippen molar-refractivity contribution in [3.63, 3.8) is 0 Å². The lowest BCUT2D eigenvalue weighted by atomic mass is 10.00. The summed E-state index contributed by atoms with van der Waals surface area (Å²) in [6.45, 7) is 0. The van der Waals surface area contributed by atoms with E-state index in [1.807, 2.05) is 6.20 Å². The van der Waals surface area contributed by atoms with Crippen molar-refractivity contribution in [3.8, 4) is 0 Å². The molecule has 0 atom stereocenters. The third-order valence-corrected chi connectivity index (χ3v) is 4.75. The van der Waals surface area contributed by atoms with Gasteiger partial charge in [0.25, 0.3) is 0 Å². The number of benzene rings is 4. The van der Waals surface area contributed by atoms with Crippen LogP contribution >= 0.6 is 0 Å². The van der Waals surface area contributed by atoms with Crippen LogP contribution < -0.4 is 0 Å². The monoisotopic (exact) mass is 251 g/mol. The van der Waals surface area contributed by atoms with Crippen molar-refractivity contribution in [1.82, 2.24) is 4.98 Å². The first-order chi connectivity index (χ1) is 9.92. The molecule has 0 N–H and O–H groups in total. The first-order valence-electron chi connectivity index (χ1n) is 6.91. The van der Waals surface area contributed by atoms with E-state index in [-0.39, 0.29) is 0 Å². The summed E-state index contributed by atoms with van der Waals surface area (Å²) in [6, 6.07) is 17.7. The van der Waals surface area contributed by atoms with E-state index in [0.29, 0.717) is 0 Å². The molecule has 0 amide bonds. The van der Waals surface area contributed by atoms with Gasteiger partial charge in [-0.05, 0) is 33.0 Å². The van der Waals surface area contributed by atoms with Gasteiger partial charge in [-0.15, -0.1) is 0 Å². The highest BCUT2D eigenvalue weighted by atomic mass is 14.7. The van der Waals surface area contributed by atoms with Gasteiger partial charge in [0, 0.05) is 27.7 Å². The van der Waals surface area contributed by atoms with Crippen LogP contribution in [0.25, 0.3) is 54.0 Å². The highest BCUT2D eigenvalue weighted by Gasteiger charge is 2.19. The maximum atomic E-state index is 4.65. The molecule has 0 spiro atoms. The Labute approximate surface area is 114 Å². The Hall–Kier alpha value is -2.67. The fourth-order valence-electron chi connectivity index (χ4n) is 3.93. The summed E-state index contributed by atoms with van der Waals surface area (Å²) in [5.41, 5.74) is 1.11. The van der Waals surface area contributed by atoms with Crippen LogP contribution in [0.1, 0.15) is 0 Å². The van der Waals surface area contributed by atoms with E-state index in [1.54, 1.807) is 0 Å². The molecule has 20 heavy (non-hydrogen) atoms. The zero-order chi connectivity index (χ0) is 12.8. The molecule has 0 saturated heterocycles. The molecular formula is C19H9N. The predicted octanol–water partition coefficient (Wildman–Crippen LogP) is 5.16. The van der Waals surface area contributed by atoms with Crippen LogP contribution in [0, 0.1) is 0 Å². The molecule has 0 unspecified atom stereocenters. The van der Waals surface area contributed by atoms with Crippen LogP contribution in [0.4, 0.5) is 0 Å². The quantitative estimate of drug-likeness (QED) is 0.340. The van der Waals surface area contributed by atoms with Gasteiger partial charge >= 0.3 is 0 Å². The maximum Gasteiger partial charge on any atom is 0.0715 e. The topological polar surface area (TPSA) is 12.9 Å². The molecule has 6 aromatic rings. The van der Waals surface area contributed by atoms with Crippen molar-refractivity contribution in [1.29, 1.82) is 0 Å². The summed E-state index contributed by atoms with van der Waals surface area (Å²) in [4.78, 5) is 4.65. The number of aromatic nitrogens is 1. The molecule has 1 aromatic heterocycles. The number of rotatable bonds is 0. The SMILES string of the molecule is c1cc2ccc3cnc4ccc5ccc1c1c2c3c4c51. The smallest absolute Gasteiger partial charge is 0.0715 e. The van der Waals surface area contributed by atoms with E-state index in [4.69, 9.17) is 0 Å². The molecule has 1 nitrogen and oxygen atoms in total. The maximum absolute atomic E-state index is 4.65. The minimum atomic E-state index is 1.11. The van der Waals surface area contributed by atoms with Crippen LogP contribution in [0.3, 0.4) is 0 Å². The standard InChI is InChI=1S/C19H9N/c1-2-11-5-6-13-9-20-14-8-7-12-4-3-10(1)15-16(11)18(13)19(14)17(12)15/h1-9H. The zero-order valence-electron chi connectivity index (χ0n) is 10.6. The summed E-state index contributed by atoms with van der Waals surface area (Å²) in [5, 5.41) is 12.2. The minimum absolute atomic E-state index is 1.11. The Bertz CT molecular complexity index is 930. The first-order valence-corrected chi connectivity index (χ1v) is 6.91. The molecular weight excluding hydrogens is 242 g/mol. The Kier molecular flexibility index (Phi) is 1.28. The van der Waals surface area contributed by atoms with Crippen LogP contribution in [-0.2, 0) is 0 Å². The van der Waals surface area contributed by atoms with Crippen LogP contribution in [0.2, 0.25) is 0 Å². The lowest BCUT2D eigenvalue weighted by Crippen LogP contribution is -1.80. The van der Waals surface area contributed by atoms with Crippen molar-refractivity contribution in [3.05, 3.63) is 54.7 Å². The van der Waals surface area contributed by atoms with E-state index < -0.39 is 0 Å². The Balaban J connectivity index is 2.27. The average molecular weight is 251 g/mol. The van der Waals surface area contributed by atoms with Gasteiger partial charge in [0.2, 0.25) is 0 Å². The van der Waals surface area contributed by atoms with Crippen molar-refractivity contribution in [2.75, 3.05) is 0 Å². The second kappa shape index (κ2) is 2.75. The van der Waals surface area contributed by atoms with Crippen LogP contribution in [-0.4, -0.2) is 4.98 Å². The van der Waals surface area contributed by atoms with E-state index in [2.05, 4.69) is 53.5 Å². The molecule has 0 fully saturated rings. The summed E-state index contributed by atoms with van der Waals surface area (Å²) in [7, 11) is 0. The number of pyridine rings is 1. The van der Waals surface area contributed by atoms with Crippen molar-refractivity contribution < 1.29 is 0 Å². The van der Waals surface area contributed by atoms with E-state index in [1.165, 1.54) is 48.5 Å². The molecule has 1 heteroatoms. The zero-order valence-corrected chi connectivity index (χ0v) is 10.6. The fraction of sp³-hybridized carbons (Fsp3) is 0. The minimum Gasteiger partial charge on any atom is -0.256 e. The van der Waals surface area contributed by atoms with Gasteiger partial charge < -0.3 is 0 Å². The molecule has 0 aliphatic carbocycles. The highest BCUT2D eigenvalue weighted by molar-refractivity contribution is 6.43. The molecule has 5 aromatic carbocycles. The summed E-state index contributed by atoms with van der Waals surface area (Å²) < 4.78 is 0. The fourth-order valence-corrected chi connectivity index (χ4v) is 3.93. The van der Waals surface area contributed by atoms with Gasteiger partial charge in [0.1, 0.15) is 0 Å². The molecule has 0 aliphatic rings. The lowest BCUT2D eigenvalue weighted by molar-refractivity contribution is 1.46. The second-order valence-electron chi connectivity index (χ2n) is 5.67. The molecule has 1 heterocycles. The Morgan fingerprint density at radius 2 is 0.900 bits per heavy atom. The van der Waals surface area contributed by atoms with Crippen LogP contribution in [0.5, 0.6) is 0 Å². The molecule has 0 saturated carbocycles. The van der Waals surface area contributed by atoms with E-state index in [0.717, 1.165) is 5.52 Å². The van der Waals surface area contributed by atoms with Gasteiger partial charge in [-0.25, -0.2) is 0 Å². The first kappa shape index (κ1) is 9.27. The van der Waals surface area contributed by atoms with Crippen LogP contribution in [0.15, 0.2) is 54.7 Å². The largest absolute Gasteiger partial charge is 0.256 e. The van der Waals surface area contributed by atoms with Gasteiger partial charge in [-0.1, -0.05) is 42.5 Å². The second-order valence-corrected chi connectivity index (χ2v) is 5.67. The Morgan fingerprint density at radius 1 is 0.450 bits per heavy atom. The molecule has 90 valence electrons. The van der Waals surface area contributed by atoms with Gasteiger partial charge in [-0.3, -0.25) is 4.98 Å². The third kappa shape index (κ3) is 0.810. The molecule has 6 rings (SSSR count). The normalized spacial score (nSPS) is 13.0. The summed E-state index contributed by atoms with van der Waals surface area (Å²) >= 11 is 0. The third-order valence-electron chi connectivity index (χ3n) is 4.75. The van der Waals surface area contributed by atoms with Gasteiger partial charge in [0.15, 0.2) is 0 Å². The highest BCUT2D eigenvalue weighted by Crippen LogP contribution is 2.46. The van der Waals surface area contributed by atoms with Gasteiger partial charge in [-0.2, -0.15) is 0 Å². The van der Waals surface area contributed by atoms with E-state index in [9.17, 15) is 0 Å². The molecule has 0 bridgehead atoms.